The van der Waals surface area contributed by atoms with Gasteiger partial charge in [-0.1, -0.05) is 11.8 Å². The zero-order valence-corrected chi connectivity index (χ0v) is 11.7. The van der Waals surface area contributed by atoms with Crippen molar-refractivity contribution in [3.05, 3.63) is 56.0 Å². The molecule has 0 bridgehead atoms. The molecular formula is C14H11FN2O3S. The zero-order chi connectivity index (χ0) is 15.2. The summed E-state index contributed by atoms with van der Waals surface area (Å²) < 4.78 is 18.9. The number of thiophene rings is 1. The Morgan fingerprint density at radius 3 is 2.90 bits per heavy atom. The lowest BCUT2D eigenvalue weighted by Crippen LogP contribution is -1.97. The van der Waals surface area contributed by atoms with E-state index in [-0.39, 0.29) is 24.6 Å². The summed E-state index contributed by atoms with van der Waals surface area (Å²) in [6, 6.07) is 5.11. The highest BCUT2D eigenvalue weighted by atomic mass is 32.1. The molecule has 0 radical (unpaired) electrons. The summed E-state index contributed by atoms with van der Waals surface area (Å²) in [5, 5.41) is 12.4. The van der Waals surface area contributed by atoms with Gasteiger partial charge in [0.05, 0.1) is 17.5 Å². The Morgan fingerprint density at radius 1 is 1.43 bits per heavy atom. The van der Waals surface area contributed by atoms with Gasteiger partial charge in [0.1, 0.15) is 6.61 Å². The molecule has 1 heterocycles. The van der Waals surface area contributed by atoms with Crippen molar-refractivity contribution in [3.63, 3.8) is 0 Å². The number of nitrogens with two attached hydrogens (primary N) is 1. The standard InChI is InChI=1S/C14H11FN2O3S/c15-13-7-11(17(18)19)3-4-14(13)20-8-12-6-10(9-21-12)2-1-5-16/h3-4,6-7,9H,5,8,16H2. The molecule has 0 aliphatic heterocycles. The van der Waals surface area contributed by atoms with Crippen molar-refractivity contribution >= 4 is 17.0 Å². The van der Waals surface area contributed by atoms with Gasteiger partial charge in [-0.2, -0.15) is 0 Å². The third-order valence-electron chi connectivity index (χ3n) is 2.48. The third kappa shape index (κ3) is 4.02. The second-order valence-corrected chi connectivity index (χ2v) is 4.96. The molecule has 0 fully saturated rings. The largest absolute Gasteiger partial charge is 0.485 e. The van der Waals surface area contributed by atoms with Crippen molar-refractivity contribution in [2.24, 2.45) is 5.73 Å². The first-order chi connectivity index (χ1) is 10.1. The lowest BCUT2D eigenvalue weighted by Gasteiger charge is -2.05. The second-order valence-electron chi connectivity index (χ2n) is 3.97. The SMILES string of the molecule is NCC#Cc1csc(COc2ccc([N+](=O)[O-])cc2F)c1. The van der Waals surface area contributed by atoms with Crippen LogP contribution in [0.1, 0.15) is 10.4 Å². The molecule has 0 aliphatic carbocycles. The number of nitrogens with zero attached hydrogens (tertiary/aromatic N) is 1. The van der Waals surface area contributed by atoms with Crippen LogP contribution in [0.3, 0.4) is 0 Å². The van der Waals surface area contributed by atoms with E-state index >= 15 is 0 Å². The van der Waals surface area contributed by atoms with Gasteiger partial charge >= 0.3 is 0 Å². The van der Waals surface area contributed by atoms with Crippen molar-refractivity contribution in [1.82, 2.24) is 0 Å². The lowest BCUT2D eigenvalue weighted by atomic mass is 10.3. The molecule has 7 heteroatoms. The number of hydrogen-bond acceptors (Lipinski definition) is 5. The summed E-state index contributed by atoms with van der Waals surface area (Å²) in [6.45, 7) is 0.458. The van der Waals surface area contributed by atoms with E-state index in [1.54, 1.807) is 0 Å². The highest BCUT2D eigenvalue weighted by molar-refractivity contribution is 7.10. The van der Waals surface area contributed by atoms with E-state index in [1.807, 2.05) is 11.4 Å². The van der Waals surface area contributed by atoms with E-state index in [0.717, 1.165) is 16.5 Å². The van der Waals surface area contributed by atoms with Gasteiger partial charge in [0.2, 0.25) is 0 Å². The summed E-state index contributed by atoms with van der Waals surface area (Å²) in [5.41, 5.74) is 5.80. The molecule has 2 aromatic rings. The minimum atomic E-state index is -0.760. The maximum Gasteiger partial charge on any atom is 0.272 e. The number of non-ortho nitro benzene ring substituents is 1. The lowest BCUT2D eigenvalue weighted by molar-refractivity contribution is -0.385. The fourth-order valence-electron chi connectivity index (χ4n) is 1.54. The Kier molecular flexibility index (Phi) is 4.87. The van der Waals surface area contributed by atoms with Gasteiger partial charge < -0.3 is 10.5 Å². The maximum atomic E-state index is 13.6. The predicted octanol–water partition coefficient (Wildman–Crippen LogP) is 2.68. The summed E-state index contributed by atoms with van der Waals surface area (Å²) in [5.74, 6) is 4.84. The van der Waals surface area contributed by atoms with Gasteiger partial charge in [-0.15, -0.1) is 11.3 Å². The minimum absolute atomic E-state index is 0.0245. The number of halogens is 1. The first kappa shape index (κ1) is 15.0. The Balaban J connectivity index is 2.03. The molecule has 0 spiro atoms. The van der Waals surface area contributed by atoms with Crippen molar-refractivity contribution in [2.75, 3.05) is 6.54 Å². The normalized spacial score (nSPS) is 9.81. The Labute approximate surface area is 124 Å². The fraction of sp³-hybridized carbons (Fsp3) is 0.143. The van der Waals surface area contributed by atoms with Gasteiger partial charge in [0.15, 0.2) is 11.6 Å². The molecule has 2 rings (SSSR count). The molecular weight excluding hydrogens is 295 g/mol. The maximum absolute atomic E-state index is 13.6. The molecule has 0 atom stereocenters. The average molecular weight is 306 g/mol. The summed E-state index contributed by atoms with van der Waals surface area (Å²) in [7, 11) is 0. The van der Waals surface area contributed by atoms with E-state index in [2.05, 4.69) is 11.8 Å². The van der Waals surface area contributed by atoms with E-state index in [4.69, 9.17) is 10.5 Å². The van der Waals surface area contributed by atoms with Crippen LogP contribution in [0.4, 0.5) is 10.1 Å². The molecule has 0 unspecified atom stereocenters. The molecule has 2 N–H and O–H groups in total. The number of rotatable bonds is 4. The first-order valence-electron chi connectivity index (χ1n) is 5.93. The monoisotopic (exact) mass is 306 g/mol. The first-order valence-corrected chi connectivity index (χ1v) is 6.81. The minimum Gasteiger partial charge on any atom is -0.485 e. The molecule has 1 aromatic heterocycles. The van der Waals surface area contributed by atoms with Crippen LogP contribution in [0, 0.1) is 27.8 Å². The number of ether oxygens (including phenoxy) is 1. The molecule has 0 amide bonds. The van der Waals surface area contributed by atoms with Crippen LogP contribution < -0.4 is 10.5 Å². The highest BCUT2D eigenvalue weighted by Crippen LogP contribution is 2.24. The van der Waals surface area contributed by atoms with Gasteiger partial charge in [-0.05, 0) is 12.1 Å². The van der Waals surface area contributed by atoms with E-state index < -0.39 is 10.7 Å². The van der Waals surface area contributed by atoms with Crippen LogP contribution in [0.2, 0.25) is 0 Å². The molecule has 1 aromatic carbocycles. The van der Waals surface area contributed by atoms with Crippen LogP contribution in [0.25, 0.3) is 0 Å². The van der Waals surface area contributed by atoms with Crippen molar-refractivity contribution in [2.45, 2.75) is 6.61 Å². The smallest absolute Gasteiger partial charge is 0.272 e. The van der Waals surface area contributed by atoms with Gasteiger partial charge in [0, 0.05) is 21.9 Å². The van der Waals surface area contributed by atoms with E-state index in [9.17, 15) is 14.5 Å². The number of hydrogen-bond donors (Lipinski definition) is 1. The van der Waals surface area contributed by atoms with Crippen LogP contribution >= 0.6 is 11.3 Å². The molecule has 0 aliphatic rings. The van der Waals surface area contributed by atoms with Crippen LogP contribution in [-0.4, -0.2) is 11.5 Å². The molecule has 0 saturated heterocycles. The molecule has 108 valence electrons. The number of nitro groups is 1. The average Bonchev–Trinajstić information content (AvgIpc) is 2.91. The molecule has 0 saturated carbocycles. The van der Waals surface area contributed by atoms with Crippen molar-refractivity contribution < 1.29 is 14.1 Å². The van der Waals surface area contributed by atoms with Crippen LogP contribution in [-0.2, 0) is 6.61 Å². The summed E-state index contributed by atoms with van der Waals surface area (Å²) in [4.78, 5) is 10.7. The van der Waals surface area contributed by atoms with Gasteiger partial charge in [-0.3, -0.25) is 10.1 Å². The Hall–Kier alpha value is -2.43. The summed E-state index contributed by atoms with van der Waals surface area (Å²) >= 11 is 1.43. The topological polar surface area (TPSA) is 78.4 Å². The van der Waals surface area contributed by atoms with Crippen molar-refractivity contribution in [3.8, 4) is 17.6 Å². The predicted molar refractivity (Wildman–Crippen MR) is 77.6 cm³/mol. The summed E-state index contributed by atoms with van der Waals surface area (Å²) in [6.07, 6.45) is 0. The van der Waals surface area contributed by atoms with E-state index in [0.29, 0.717) is 0 Å². The third-order valence-corrected chi connectivity index (χ3v) is 3.39. The fourth-order valence-corrected chi connectivity index (χ4v) is 2.27. The Morgan fingerprint density at radius 2 is 2.24 bits per heavy atom. The Bertz CT molecular complexity index is 718. The quantitative estimate of drug-likeness (QED) is 0.535. The highest BCUT2D eigenvalue weighted by Gasteiger charge is 2.11. The van der Waals surface area contributed by atoms with Gasteiger partial charge in [-0.25, -0.2) is 4.39 Å². The molecule has 5 nitrogen and oxygen atoms in total. The van der Waals surface area contributed by atoms with Crippen LogP contribution in [0.5, 0.6) is 5.75 Å². The van der Waals surface area contributed by atoms with Gasteiger partial charge in [0.25, 0.3) is 5.69 Å². The second kappa shape index (κ2) is 6.83. The number of benzene rings is 1. The molecule has 21 heavy (non-hydrogen) atoms. The zero-order valence-electron chi connectivity index (χ0n) is 10.8. The van der Waals surface area contributed by atoms with Crippen molar-refractivity contribution in [1.29, 1.82) is 0 Å². The number of nitro benzene ring substituents is 1. The van der Waals surface area contributed by atoms with Crippen LogP contribution in [0.15, 0.2) is 29.6 Å². The van der Waals surface area contributed by atoms with E-state index in [1.165, 1.54) is 23.5 Å².